The van der Waals surface area contributed by atoms with Crippen LogP contribution in [0.3, 0.4) is 0 Å². The zero-order chi connectivity index (χ0) is 29.0. The van der Waals surface area contributed by atoms with Crippen molar-refractivity contribution in [3.63, 3.8) is 0 Å². The van der Waals surface area contributed by atoms with Crippen LogP contribution in [0.1, 0.15) is 92.2 Å². The van der Waals surface area contributed by atoms with E-state index in [9.17, 15) is 0 Å². The maximum atomic E-state index is 6.62. The van der Waals surface area contributed by atoms with Gasteiger partial charge in [0, 0.05) is 0 Å². The van der Waals surface area contributed by atoms with Crippen LogP contribution in [0, 0.1) is 0 Å². The molecule has 2 aliphatic heterocycles. The van der Waals surface area contributed by atoms with Crippen LogP contribution in [0.4, 0.5) is 0 Å². The van der Waals surface area contributed by atoms with Crippen molar-refractivity contribution in [2.75, 3.05) is 0 Å². The molecule has 0 bridgehead atoms. The van der Waals surface area contributed by atoms with Crippen molar-refractivity contribution in [3.8, 4) is 0 Å². The molecule has 2 heterocycles. The van der Waals surface area contributed by atoms with Crippen molar-refractivity contribution in [2.24, 2.45) is 0 Å². The molecule has 4 nitrogen and oxygen atoms in total. The molecule has 2 aromatic rings. The summed E-state index contributed by atoms with van der Waals surface area (Å²) in [6.07, 6.45) is 10.6. The highest BCUT2D eigenvalue weighted by Crippen LogP contribution is 2.44. The molecule has 2 fully saturated rings. The van der Waals surface area contributed by atoms with Crippen molar-refractivity contribution in [2.45, 2.75) is 116 Å². The lowest BCUT2D eigenvalue weighted by Crippen LogP contribution is -2.41. The average molecular weight is 542 g/mol. The van der Waals surface area contributed by atoms with E-state index >= 15 is 0 Å². The number of hydrogen-bond acceptors (Lipinski definition) is 4. The zero-order valence-electron chi connectivity index (χ0n) is 26.0. The molecule has 2 saturated heterocycles. The summed E-state index contributed by atoms with van der Waals surface area (Å²) in [5, 5.41) is 0. The molecule has 2 aliphatic rings. The van der Waals surface area contributed by atoms with Gasteiger partial charge in [-0.25, -0.2) is 0 Å². The van der Waals surface area contributed by atoms with Gasteiger partial charge in [-0.3, -0.25) is 0 Å². The first kappa shape index (κ1) is 30.8. The fraction of sp³-hybridized carbons (Fsp3) is 0.529. The molecule has 0 aromatic heterocycles. The van der Waals surface area contributed by atoms with Crippen LogP contribution < -0.4 is 0 Å². The van der Waals surface area contributed by atoms with Gasteiger partial charge < -0.3 is 18.6 Å². The molecule has 0 radical (unpaired) electrons. The van der Waals surface area contributed by atoms with E-state index < -0.39 is 36.6 Å². The molecule has 214 valence electrons. The van der Waals surface area contributed by atoms with E-state index in [0.717, 1.165) is 49.5 Å². The van der Waals surface area contributed by atoms with Crippen LogP contribution in [-0.4, -0.2) is 36.6 Å². The second-order valence-corrected chi connectivity index (χ2v) is 13.3. The zero-order valence-corrected chi connectivity index (χ0v) is 26.0. The molecule has 0 amide bonds. The van der Waals surface area contributed by atoms with Crippen LogP contribution in [-0.2, 0) is 31.5 Å². The third-order valence-electron chi connectivity index (χ3n) is 9.10. The second kappa shape index (κ2) is 12.4. The van der Waals surface area contributed by atoms with E-state index in [0.29, 0.717) is 0 Å². The van der Waals surface area contributed by atoms with E-state index in [1.165, 1.54) is 11.1 Å². The van der Waals surface area contributed by atoms with Gasteiger partial charge in [0.05, 0.1) is 22.4 Å². The first-order valence-corrected chi connectivity index (χ1v) is 15.0. The SMILES string of the molecule is CC1(C)OB(C(=C\CCCc2ccccc2)/C(=C/CCCc2ccccc2)B2OC(C)(C)C(C)(C)O2)OC1(C)C. The summed E-state index contributed by atoms with van der Waals surface area (Å²) in [6, 6.07) is 21.3. The summed E-state index contributed by atoms with van der Waals surface area (Å²) >= 11 is 0. The summed E-state index contributed by atoms with van der Waals surface area (Å²) in [4.78, 5) is 0. The maximum absolute atomic E-state index is 6.62. The molecule has 0 spiro atoms. The molecular weight excluding hydrogens is 494 g/mol. The molecular formula is C34H48B2O4. The van der Waals surface area contributed by atoms with Crippen LogP contribution in [0.15, 0.2) is 83.8 Å². The van der Waals surface area contributed by atoms with Gasteiger partial charge in [-0.15, -0.1) is 0 Å². The van der Waals surface area contributed by atoms with Crippen molar-refractivity contribution >= 4 is 14.2 Å². The lowest BCUT2D eigenvalue weighted by molar-refractivity contribution is 0.00578. The molecule has 0 atom stereocenters. The Balaban J connectivity index is 1.62. The molecule has 40 heavy (non-hydrogen) atoms. The van der Waals surface area contributed by atoms with Gasteiger partial charge in [-0.1, -0.05) is 72.8 Å². The van der Waals surface area contributed by atoms with Crippen molar-refractivity contribution < 1.29 is 18.6 Å². The normalized spacial score (nSPS) is 21.7. The van der Waals surface area contributed by atoms with Crippen LogP contribution >= 0.6 is 0 Å². The lowest BCUT2D eigenvalue weighted by atomic mass is 9.60. The highest BCUT2D eigenvalue weighted by atomic mass is 16.7. The number of unbranched alkanes of at least 4 members (excludes halogenated alkanes) is 2. The van der Waals surface area contributed by atoms with E-state index in [-0.39, 0.29) is 0 Å². The van der Waals surface area contributed by atoms with E-state index in [1.54, 1.807) is 0 Å². The summed E-state index contributed by atoms with van der Waals surface area (Å²) < 4.78 is 26.5. The highest BCUT2D eigenvalue weighted by Gasteiger charge is 2.57. The summed E-state index contributed by atoms with van der Waals surface area (Å²) in [5.74, 6) is 0. The van der Waals surface area contributed by atoms with Gasteiger partial charge in [0.15, 0.2) is 0 Å². The molecule has 4 rings (SSSR count). The van der Waals surface area contributed by atoms with Crippen LogP contribution in [0.2, 0.25) is 0 Å². The van der Waals surface area contributed by atoms with Gasteiger partial charge in [-0.05, 0) is 116 Å². The van der Waals surface area contributed by atoms with Gasteiger partial charge in [0.2, 0.25) is 0 Å². The topological polar surface area (TPSA) is 36.9 Å². The van der Waals surface area contributed by atoms with Gasteiger partial charge in [0.25, 0.3) is 0 Å². The fourth-order valence-electron chi connectivity index (χ4n) is 5.06. The third kappa shape index (κ3) is 7.20. The molecule has 0 aliphatic carbocycles. The minimum absolute atomic E-state index is 0.435. The number of hydrogen-bond donors (Lipinski definition) is 0. The molecule has 0 unspecified atom stereocenters. The first-order chi connectivity index (χ1) is 18.8. The van der Waals surface area contributed by atoms with Gasteiger partial charge in [0.1, 0.15) is 0 Å². The second-order valence-electron chi connectivity index (χ2n) is 13.3. The Labute approximate surface area is 243 Å². The minimum atomic E-state index is -0.485. The smallest absolute Gasteiger partial charge is 0.399 e. The Morgan fingerprint density at radius 3 is 1.12 bits per heavy atom. The molecule has 6 heteroatoms. The Kier molecular flexibility index (Phi) is 9.56. The predicted molar refractivity (Wildman–Crippen MR) is 167 cm³/mol. The van der Waals surface area contributed by atoms with Crippen molar-refractivity contribution in [3.05, 3.63) is 94.9 Å². The van der Waals surface area contributed by atoms with Crippen LogP contribution in [0.5, 0.6) is 0 Å². The lowest BCUT2D eigenvalue weighted by Gasteiger charge is -2.32. The van der Waals surface area contributed by atoms with E-state index in [1.807, 2.05) is 0 Å². The summed E-state index contributed by atoms with van der Waals surface area (Å²) in [6.45, 7) is 16.9. The van der Waals surface area contributed by atoms with Crippen LogP contribution in [0.25, 0.3) is 0 Å². The van der Waals surface area contributed by atoms with E-state index in [2.05, 4.69) is 128 Å². The first-order valence-electron chi connectivity index (χ1n) is 15.0. The Hall–Kier alpha value is -2.11. The largest absolute Gasteiger partial charge is 0.494 e. The van der Waals surface area contributed by atoms with E-state index in [4.69, 9.17) is 18.6 Å². The fourth-order valence-corrected chi connectivity index (χ4v) is 5.06. The number of benzene rings is 2. The highest BCUT2D eigenvalue weighted by molar-refractivity contribution is 6.66. The van der Waals surface area contributed by atoms with Gasteiger partial charge >= 0.3 is 14.2 Å². The van der Waals surface area contributed by atoms with Crippen molar-refractivity contribution in [1.29, 1.82) is 0 Å². The number of allylic oxidation sites excluding steroid dienone is 4. The number of rotatable bonds is 11. The molecule has 2 aromatic carbocycles. The molecule has 0 saturated carbocycles. The summed E-state index contributed by atoms with van der Waals surface area (Å²) in [5.41, 5.74) is 3.04. The Morgan fingerprint density at radius 1 is 0.525 bits per heavy atom. The Morgan fingerprint density at radius 2 is 0.825 bits per heavy atom. The maximum Gasteiger partial charge on any atom is 0.494 e. The Bertz CT molecular complexity index is 1040. The minimum Gasteiger partial charge on any atom is -0.399 e. The molecule has 0 N–H and O–H groups in total. The third-order valence-corrected chi connectivity index (χ3v) is 9.10. The quantitative estimate of drug-likeness (QED) is 0.163. The van der Waals surface area contributed by atoms with Crippen molar-refractivity contribution in [1.82, 2.24) is 0 Å². The standard InChI is InChI=1S/C34H48B2O4/c1-31(2)32(3,4)38-35(37-31)29(25-17-15-23-27-19-11-9-12-20-27)30(36-39-33(5,6)34(7,8)40-36)26-18-16-24-28-21-13-10-14-22-28/h9-14,19-22,25-26H,15-18,23-24H2,1-8H3/b29-25-,30-26-. The monoisotopic (exact) mass is 542 g/mol. The predicted octanol–water partition coefficient (Wildman–Crippen LogP) is 8.15. The summed E-state index contributed by atoms with van der Waals surface area (Å²) in [7, 11) is -0.970. The average Bonchev–Trinajstić information content (AvgIpc) is 3.25. The number of aryl methyl sites for hydroxylation is 2. The van der Waals surface area contributed by atoms with Gasteiger partial charge in [-0.2, -0.15) is 0 Å².